The van der Waals surface area contributed by atoms with Crippen molar-refractivity contribution in [3.8, 4) is 11.5 Å². The number of rotatable bonds is 8. The quantitative estimate of drug-likeness (QED) is 0.280. The first kappa shape index (κ1) is 22.8. The lowest BCUT2D eigenvalue weighted by Crippen LogP contribution is -2.37. The van der Waals surface area contributed by atoms with E-state index in [1.165, 1.54) is 17.3 Å². The predicted octanol–water partition coefficient (Wildman–Crippen LogP) is 3.77. The van der Waals surface area contributed by atoms with Crippen LogP contribution in [-0.4, -0.2) is 57.5 Å². The van der Waals surface area contributed by atoms with Gasteiger partial charge in [-0.1, -0.05) is 41.6 Å². The Morgan fingerprint density at radius 2 is 1.79 bits per heavy atom. The minimum atomic E-state index is -0.0130. The summed E-state index contributed by atoms with van der Waals surface area (Å²) in [5.74, 6) is 1.43. The Morgan fingerprint density at radius 3 is 2.62 bits per heavy atom. The summed E-state index contributed by atoms with van der Waals surface area (Å²) in [7, 11) is 0. The smallest absolute Gasteiger partial charge is 0.262 e. The fraction of sp³-hybridized carbons (Fsp3) is 0.360. The summed E-state index contributed by atoms with van der Waals surface area (Å²) in [6.07, 6.45) is 0.867. The molecule has 9 heteroatoms. The van der Waals surface area contributed by atoms with E-state index in [2.05, 4.69) is 15.1 Å². The van der Waals surface area contributed by atoms with Gasteiger partial charge >= 0.3 is 0 Å². The van der Waals surface area contributed by atoms with Crippen LogP contribution >= 0.6 is 11.8 Å². The molecule has 0 N–H and O–H groups in total. The van der Waals surface area contributed by atoms with Crippen molar-refractivity contribution in [3.63, 3.8) is 0 Å². The second-order valence-corrected chi connectivity index (χ2v) is 9.27. The molecule has 0 bridgehead atoms. The zero-order valence-corrected chi connectivity index (χ0v) is 20.0. The standard InChI is InChI=1S/C25H27N5O3S/c1-18-7-9-19(10-8-18)23-28-27-22(33-23)17-34-25-26-21-6-3-2-5-20(21)24(31)30(25)12-4-11-29-13-15-32-16-14-29/h2-3,5-10H,4,11-17H2,1H3. The van der Waals surface area contributed by atoms with E-state index in [9.17, 15) is 4.79 Å². The number of thioether (sulfide) groups is 1. The highest BCUT2D eigenvalue weighted by atomic mass is 32.2. The lowest BCUT2D eigenvalue weighted by atomic mass is 10.1. The Labute approximate surface area is 202 Å². The number of benzene rings is 2. The number of fused-ring (bicyclic) bond motifs is 1. The Morgan fingerprint density at radius 1 is 1.00 bits per heavy atom. The Kier molecular flexibility index (Phi) is 7.03. The third-order valence-corrected chi connectivity index (χ3v) is 6.84. The van der Waals surface area contributed by atoms with Crippen LogP contribution in [0.1, 0.15) is 17.9 Å². The fourth-order valence-corrected chi connectivity index (χ4v) is 4.85. The van der Waals surface area contributed by atoms with Crippen molar-refractivity contribution in [1.29, 1.82) is 0 Å². The molecule has 1 aliphatic heterocycles. The van der Waals surface area contributed by atoms with E-state index >= 15 is 0 Å². The molecule has 0 aliphatic carbocycles. The van der Waals surface area contributed by atoms with Gasteiger partial charge in [0.05, 0.1) is 29.9 Å². The third kappa shape index (κ3) is 5.22. The van der Waals surface area contributed by atoms with Crippen molar-refractivity contribution in [2.75, 3.05) is 32.8 Å². The number of ether oxygens (including phenoxy) is 1. The number of morpholine rings is 1. The van der Waals surface area contributed by atoms with E-state index < -0.39 is 0 Å². The van der Waals surface area contributed by atoms with Gasteiger partial charge in [-0.2, -0.15) is 0 Å². The van der Waals surface area contributed by atoms with Crippen molar-refractivity contribution in [1.82, 2.24) is 24.6 Å². The maximum atomic E-state index is 13.3. The summed E-state index contributed by atoms with van der Waals surface area (Å²) < 4.78 is 13.1. The normalized spacial score (nSPS) is 14.6. The van der Waals surface area contributed by atoms with E-state index in [1.807, 2.05) is 55.5 Å². The lowest BCUT2D eigenvalue weighted by molar-refractivity contribution is 0.0368. The monoisotopic (exact) mass is 477 g/mol. The molecule has 0 saturated carbocycles. The van der Waals surface area contributed by atoms with Crippen LogP contribution in [0.2, 0.25) is 0 Å². The van der Waals surface area contributed by atoms with Crippen molar-refractivity contribution in [3.05, 3.63) is 70.3 Å². The second-order valence-electron chi connectivity index (χ2n) is 8.33. The molecule has 8 nitrogen and oxygen atoms in total. The van der Waals surface area contributed by atoms with E-state index in [4.69, 9.17) is 14.1 Å². The average molecular weight is 478 g/mol. The van der Waals surface area contributed by atoms with Crippen LogP contribution in [-0.2, 0) is 17.0 Å². The second kappa shape index (κ2) is 10.5. The molecule has 3 heterocycles. The summed E-state index contributed by atoms with van der Waals surface area (Å²) in [4.78, 5) is 20.5. The largest absolute Gasteiger partial charge is 0.420 e. The van der Waals surface area contributed by atoms with Crippen LogP contribution in [0, 0.1) is 6.92 Å². The number of aromatic nitrogens is 4. The van der Waals surface area contributed by atoms with Crippen molar-refractivity contribution in [2.24, 2.45) is 0 Å². The molecule has 0 spiro atoms. The van der Waals surface area contributed by atoms with Gasteiger partial charge in [-0.05, 0) is 37.6 Å². The molecule has 5 rings (SSSR count). The van der Waals surface area contributed by atoms with Gasteiger partial charge < -0.3 is 9.15 Å². The summed E-state index contributed by atoms with van der Waals surface area (Å²) in [5.41, 5.74) is 2.75. The first-order valence-electron chi connectivity index (χ1n) is 11.5. The van der Waals surface area contributed by atoms with Crippen LogP contribution in [0.25, 0.3) is 22.4 Å². The van der Waals surface area contributed by atoms with Crippen LogP contribution in [0.5, 0.6) is 0 Å². The van der Waals surface area contributed by atoms with Crippen LogP contribution in [0.4, 0.5) is 0 Å². The SMILES string of the molecule is Cc1ccc(-c2nnc(CSc3nc4ccccc4c(=O)n3CCCN3CCOCC3)o2)cc1. The molecule has 2 aromatic carbocycles. The van der Waals surface area contributed by atoms with Gasteiger partial charge in [0.1, 0.15) is 0 Å². The molecule has 0 radical (unpaired) electrons. The van der Waals surface area contributed by atoms with Gasteiger partial charge in [0, 0.05) is 31.7 Å². The van der Waals surface area contributed by atoms with Crippen LogP contribution < -0.4 is 5.56 Å². The fourth-order valence-electron chi connectivity index (χ4n) is 3.98. The van der Waals surface area contributed by atoms with E-state index in [0.29, 0.717) is 40.1 Å². The van der Waals surface area contributed by atoms with Gasteiger partial charge in [0.25, 0.3) is 5.56 Å². The molecule has 1 aliphatic rings. The molecular weight excluding hydrogens is 450 g/mol. The summed E-state index contributed by atoms with van der Waals surface area (Å²) in [6.45, 7) is 6.99. The number of aryl methyl sites for hydroxylation is 1. The Balaban J connectivity index is 1.33. The zero-order chi connectivity index (χ0) is 23.3. The molecule has 176 valence electrons. The van der Waals surface area contributed by atoms with E-state index in [0.717, 1.165) is 44.8 Å². The first-order valence-corrected chi connectivity index (χ1v) is 12.5. The number of para-hydroxylation sites is 1. The van der Waals surface area contributed by atoms with Gasteiger partial charge in [0.2, 0.25) is 11.8 Å². The summed E-state index contributed by atoms with van der Waals surface area (Å²) >= 11 is 1.45. The molecule has 0 amide bonds. The highest BCUT2D eigenvalue weighted by Crippen LogP contribution is 2.24. The maximum Gasteiger partial charge on any atom is 0.262 e. The Bertz CT molecular complexity index is 1310. The molecule has 4 aromatic rings. The van der Waals surface area contributed by atoms with Crippen molar-refractivity contribution < 1.29 is 9.15 Å². The lowest BCUT2D eigenvalue weighted by Gasteiger charge is -2.26. The maximum absolute atomic E-state index is 13.3. The molecule has 1 fully saturated rings. The zero-order valence-electron chi connectivity index (χ0n) is 19.1. The van der Waals surface area contributed by atoms with Crippen molar-refractivity contribution >= 4 is 22.7 Å². The first-order chi connectivity index (χ1) is 16.7. The minimum absolute atomic E-state index is 0.0130. The van der Waals surface area contributed by atoms with Gasteiger partial charge in [0.15, 0.2) is 5.16 Å². The highest BCUT2D eigenvalue weighted by Gasteiger charge is 2.15. The number of nitrogens with zero attached hydrogens (tertiary/aromatic N) is 5. The van der Waals surface area contributed by atoms with Crippen LogP contribution in [0.15, 0.2) is 62.9 Å². The molecule has 0 unspecified atom stereocenters. The predicted molar refractivity (Wildman–Crippen MR) is 132 cm³/mol. The van der Waals surface area contributed by atoms with E-state index in [-0.39, 0.29) is 5.56 Å². The Hall–Kier alpha value is -3.01. The number of hydrogen-bond donors (Lipinski definition) is 0. The van der Waals surface area contributed by atoms with Gasteiger partial charge in [-0.3, -0.25) is 14.3 Å². The van der Waals surface area contributed by atoms with Gasteiger partial charge in [-0.25, -0.2) is 4.98 Å². The topological polar surface area (TPSA) is 86.3 Å². The average Bonchev–Trinajstić information content (AvgIpc) is 3.34. The highest BCUT2D eigenvalue weighted by molar-refractivity contribution is 7.98. The summed E-state index contributed by atoms with van der Waals surface area (Å²) in [6, 6.07) is 15.5. The minimum Gasteiger partial charge on any atom is -0.420 e. The summed E-state index contributed by atoms with van der Waals surface area (Å²) in [5, 5.41) is 9.69. The van der Waals surface area contributed by atoms with Crippen LogP contribution in [0.3, 0.4) is 0 Å². The third-order valence-electron chi connectivity index (χ3n) is 5.88. The molecule has 1 saturated heterocycles. The van der Waals surface area contributed by atoms with Crippen molar-refractivity contribution in [2.45, 2.75) is 30.8 Å². The molecule has 34 heavy (non-hydrogen) atoms. The molecular formula is C25H27N5O3S. The number of hydrogen-bond acceptors (Lipinski definition) is 8. The molecule has 2 aromatic heterocycles. The molecule has 0 atom stereocenters. The van der Waals surface area contributed by atoms with Gasteiger partial charge in [-0.15, -0.1) is 10.2 Å². The van der Waals surface area contributed by atoms with E-state index in [1.54, 1.807) is 4.57 Å².